The van der Waals surface area contributed by atoms with E-state index in [9.17, 15) is 14.0 Å². The summed E-state index contributed by atoms with van der Waals surface area (Å²) in [6, 6.07) is 8.15. The third-order valence-electron chi connectivity index (χ3n) is 4.78. The van der Waals surface area contributed by atoms with Crippen LogP contribution in [0, 0.1) is 5.82 Å². The quantitative estimate of drug-likeness (QED) is 0.872. The Morgan fingerprint density at radius 2 is 2.12 bits per heavy atom. The lowest BCUT2D eigenvalue weighted by molar-refractivity contribution is -0.121. The molecule has 1 atom stereocenters. The minimum absolute atomic E-state index is 0.0216. The molecule has 5 nitrogen and oxygen atoms in total. The Labute approximate surface area is 154 Å². The van der Waals surface area contributed by atoms with Crippen molar-refractivity contribution in [3.63, 3.8) is 0 Å². The van der Waals surface area contributed by atoms with E-state index in [1.807, 2.05) is 13.0 Å². The number of halogens is 2. The summed E-state index contributed by atoms with van der Waals surface area (Å²) in [5.74, 6) is -0.538. The molecule has 2 aromatic carbocycles. The number of nitrogens with one attached hydrogen (secondary N) is 1. The third-order valence-corrected chi connectivity index (χ3v) is 5.08. The molecule has 2 aliphatic rings. The van der Waals surface area contributed by atoms with Gasteiger partial charge in [-0.05, 0) is 42.3 Å². The van der Waals surface area contributed by atoms with E-state index >= 15 is 0 Å². The number of nitrogens with zero attached hydrogens (tertiary/aromatic N) is 1. The normalized spacial score (nSPS) is 18.7. The average Bonchev–Trinajstić information content (AvgIpc) is 2.62. The van der Waals surface area contributed by atoms with Gasteiger partial charge in [0.1, 0.15) is 11.6 Å². The SMILES string of the molecule is CCN1C(=O)COc2cc3c(cc21)NC(=O)CC3c1ccc(Cl)c(F)c1. The van der Waals surface area contributed by atoms with Gasteiger partial charge in [-0.3, -0.25) is 9.59 Å². The molecule has 2 aromatic rings. The van der Waals surface area contributed by atoms with Gasteiger partial charge in [-0.1, -0.05) is 17.7 Å². The Morgan fingerprint density at radius 1 is 1.31 bits per heavy atom. The number of ether oxygens (including phenoxy) is 1. The predicted octanol–water partition coefficient (Wildman–Crippen LogP) is 3.70. The maximum atomic E-state index is 13.9. The van der Waals surface area contributed by atoms with Crippen LogP contribution >= 0.6 is 11.6 Å². The van der Waals surface area contributed by atoms with Crippen LogP contribution in [0.15, 0.2) is 30.3 Å². The number of likely N-dealkylation sites (N-methyl/N-ethyl adjacent to an activating group) is 1. The van der Waals surface area contributed by atoms with Crippen LogP contribution < -0.4 is 15.0 Å². The largest absolute Gasteiger partial charge is 0.482 e. The fraction of sp³-hybridized carbons (Fsp3) is 0.263. The molecule has 4 rings (SSSR count). The first kappa shape index (κ1) is 16.8. The monoisotopic (exact) mass is 374 g/mol. The summed E-state index contributed by atoms with van der Waals surface area (Å²) >= 11 is 5.78. The smallest absolute Gasteiger partial charge is 0.265 e. The van der Waals surface area contributed by atoms with Gasteiger partial charge in [-0.2, -0.15) is 0 Å². The molecule has 1 unspecified atom stereocenters. The molecule has 0 saturated carbocycles. The van der Waals surface area contributed by atoms with Gasteiger partial charge in [0.15, 0.2) is 6.61 Å². The molecular weight excluding hydrogens is 359 g/mol. The average molecular weight is 375 g/mol. The van der Waals surface area contributed by atoms with E-state index in [0.717, 1.165) is 5.56 Å². The van der Waals surface area contributed by atoms with Crippen molar-refractivity contribution >= 4 is 34.8 Å². The first-order valence-electron chi connectivity index (χ1n) is 8.33. The van der Waals surface area contributed by atoms with Gasteiger partial charge in [0.2, 0.25) is 5.91 Å². The van der Waals surface area contributed by atoms with Crippen LogP contribution in [0.5, 0.6) is 5.75 Å². The molecule has 0 saturated heterocycles. The summed E-state index contributed by atoms with van der Waals surface area (Å²) < 4.78 is 19.5. The van der Waals surface area contributed by atoms with Gasteiger partial charge in [0.25, 0.3) is 5.91 Å². The van der Waals surface area contributed by atoms with Gasteiger partial charge in [0, 0.05) is 24.6 Å². The third kappa shape index (κ3) is 2.70. The lowest BCUT2D eigenvalue weighted by atomic mass is 9.84. The van der Waals surface area contributed by atoms with E-state index in [2.05, 4.69) is 5.32 Å². The van der Waals surface area contributed by atoms with Crippen LogP contribution in [0.25, 0.3) is 0 Å². The van der Waals surface area contributed by atoms with Crippen LogP contribution in [0.2, 0.25) is 5.02 Å². The highest BCUT2D eigenvalue weighted by Gasteiger charge is 2.32. The number of rotatable bonds is 2. The maximum Gasteiger partial charge on any atom is 0.265 e. The molecule has 0 bridgehead atoms. The minimum Gasteiger partial charge on any atom is -0.482 e. The fourth-order valence-electron chi connectivity index (χ4n) is 3.53. The lowest BCUT2D eigenvalue weighted by Crippen LogP contribution is -2.39. The molecule has 2 amide bonds. The molecule has 2 aliphatic heterocycles. The minimum atomic E-state index is -0.520. The standard InChI is InChI=1S/C19H16ClFN2O3/c1-2-23-16-8-15-12(6-17(16)26-9-19(23)25)11(7-18(24)22-15)10-3-4-13(20)14(21)5-10/h3-6,8,11H,2,7,9H2,1H3,(H,22,24). The van der Waals surface area contributed by atoms with Crippen molar-refractivity contribution < 1.29 is 18.7 Å². The summed E-state index contributed by atoms with van der Waals surface area (Å²) in [7, 11) is 0. The van der Waals surface area contributed by atoms with E-state index in [4.69, 9.17) is 16.3 Å². The van der Waals surface area contributed by atoms with Gasteiger partial charge < -0.3 is 15.0 Å². The van der Waals surface area contributed by atoms with E-state index < -0.39 is 5.82 Å². The van der Waals surface area contributed by atoms with Crippen molar-refractivity contribution in [3.05, 3.63) is 52.3 Å². The second-order valence-corrected chi connectivity index (χ2v) is 6.72. The Bertz CT molecular complexity index is 931. The number of hydrogen-bond donors (Lipinski definition) is 1. The Hall–Kier alpha value is -2.60. The zero-order chi connectivity index (χ0) is 18.4. The van der Waals surface area contributed by atoms with Crippen LogP contribution in [0.4, 0.5) is 15.8 Å². The summed E-state index contributed by atoms with van der Waals surface area (Å²) in [6.07, 6.45) is 0.198. The highest BCUT2D eigenvalue weighted by molar-refractivity contribution is 6.30. The molecule has 0 radical (unpaired) electrons. The number of fused-ring (bicyclic) bond motifs is 2. The highest BCUT2D eigenvalue weighted by Crippen LogP contribution is 2.44. The lowest BCUT2D eigenvalue weighted by Gasteiger charge is -2.32. The van der Waals surface area contributed by atoms with Gasteiger partial charge in [-0.25, -0.2) is 4.39 Å². The molecule has 7 heteroatoms. The van der Waals surface area contributed by atoms with Gasteiger partial charge in [0.05, 0.1) is 10.7 Å². The summed E-state index contributed by atoms with van der Waals surface area (Å²) in [5.41, 5.74) is 2.74. The van der Waals surface area contributed by atoms with Crippen molar-refractivity contribution in [2.24, 2.45) is 0 Å². The molecule has 2 heterocycles. The van der Waals surface area contributed by atoms with E-state index in [1.54, 1.807) is 17.0 Å². The second kappa shape index (κ2) is 6.29. The van der Waals surface area contributed by atoms with Gasteiger partial charge in [-0.15, -0.1) is 0 Å². The first-order chi connectivity index (χ1) is 12.5. The highest BCUT2D eigenvalue weighted by atomic mass is 35.5. The summed E-state index contributed by atoms with van der Waals surface area (Å²) in [5, 5.41) is 2.88. The van der Waals surface area contributed by atoms with Crippen molar-refractivity contribution in [3.8, 4) is 5.75 Å². The summed E-state index contributed by atoms with van der Waals surface area (Å²) in [4.78, 5) is 25.9. The number of benzene rings is 2. The Balaban J connectivity index is 1.84. The van der Waals surface area contributed by atoms with Crippen molar-refractivity contribution in [2.75, 3.05) is 23.4 Å². The number of hydrogen-bond acceptors (Lipinski definition) is 3. The number of carbonyl (C=O) groups is 2. The molecule has 134 valence electrons. The zero-order valence-electron chi connectivity index (χ0n) is 14.0. The number of carbonyl (C=O) groups excluding carboxylic acids is 2. The number of anilines is 2. The topological polar surface area (TPSA) is 58.6 Å². The Kier molecular flexibility index (Phi) is 4.07. The number of amides is 2. The Morgan fingerprint density at radius 3 is 2.85 bits per heavy atom. The molecule has 0 spiro atoms. The molecule has 26 heavy (non-hydrogen) atoms. The molecule has 0 aromatic heterocycles. The van der Waals surface area contributed by atoms with Crippen molar-refractivity contribution in [1.29, 1.82) is 0 Å². The fourth-order valence-corrected chi connectivity index (χ4v) is 3.65. The zero-order valence-corrected chi connectivity index (χ0v) is 14.8. The van der Waals surface area contributed by atoms with Crippen molar-refractivity contribution in [1.82, 2.24) is 0 Å². The van der Waals surface area contributed by atoms with Crippen LogP contribution in [0.3, 0.4) is 0 Å². The van der Waals surface area contributed by atoms with Crippen LogP contribution in [-0.2, 0) is 9.59 Å². The summed E-state index contributed by atoms with van der Waals surface area (Å²) in [6.45, 7) is 2.37. The predicted molar refractivity (Wildman–Crippen MR) is 96.5 cm³/mol. The van der Waals surface area contributed by atoms with E-state index in [1.165, 1.54) is 12.1 Å². The van der Waals surface area contributed by atoms with Crippen LogP contribution in [-0.4, -0.2) is 25.0 Å². The van der Waals surface area contributed by atoms with Crippen molar-refractivity contribution in [2.45, 2.75) is 19.3 Å². The van der Waals surface area contributed by atoms with Crippen LogP contribution in [0.1, 0.15) is 30.4 Å². The maximum absolute atomic E-state index is 13.9. The van der Waals surface area contributed by atoms with E-state index in [-0.39, 0.29) is 35.8 Å². The second-order valence-electron chi connectivity index (χ2n) is 6.31. The molecule has 0 fully saturated rings. The van der Waals surface area contributed by atoms with Gasteiger partial charge >= 0.3 is 0 Å². The molecule has 0 aliphatic carbocycles. The molecular formula is C19H16ClFN2O3. The molecule has 1 N–H and O–H groups in total. The first-order valence-corrected chi connectivity index (χ1v) is 8.71. The van der Waals surface area contributed by atoms with E-state index in [0.29, 0.717) is 29.2 Å².